The zero-order valence-electron chi connectivity index (χ0n) is 16.9. The fraction of sp³-hybridized carbons (Fsp3) is 0.182. The van der Waals surface area contributed by atoms with Gasteiger partial charge in [0.1, 0.15) is 53.0 Å². The number of benzene rings is 2. The molecule has 1 atom stereocenters. The summed E-state index contributed by atoms with van der Waals surface area (Å²) < 4.78 is 82.3. The molecule has 0 amide bonds. The molecule has 5 nitrogen and oxygen atoms in total. The van der Waals surface area contributed by atoms with Crippen molar-refractivity contribution < 1.29 is 36.2 Å². The second-order valence-electron chi connectivity index (χ2n) is 7.01. The van der Waals surface area contributed by atoms with Gasteiger partial charge in [-0.1, -0.05) is 29.3 Å². The van der Waals surface area contributed by atoms with Crippen LogP contribution in [-0.4, -0.2) is 30.1 Å². The molecule has 2 heterocycles. The van der Waals surface area contributed by atoms with Gasteiger partial charge in [0, 0.05) is 12.3 Å². The number of ether oxygens (including phenoxy) is 3. The van der Waals surface area contributed by atoms with Crippen molar-refractivity contribution in [2.24, 2.45) is 4.99 Å². The molecule has 2 aromatic carbocycles. The van der Waals surface area contributed by atoms with Crippen LogP contribution in [0.25, 0.3) is 0 Å². The zero-order valence-corrected chi connectivity index (χ0v) is 18.4. The summed E-state index contributed by atoms with van der Waals surface area (Å²) >= 11 is 12.0. The summed E-state index contributed by atoms with van der Waals surface area (Å²) in [7, 11) is 0. The minimum atomic E-state index is -4.59. The Morgan fingerprint density at radius 3 is 2.41 bits per heavy atom. The van der Waals surface area contributed by atoms with Gasteiger partial charge in [-0.15, -0.1) is 0 Å². The molecule has 1 aromatic heterocycles. The summed E-state index contributed by atoms with van der Waals surface area (Å²) in [5, 5.41) is -0.261. The number of aromatic nitrogens is 1. The van der Waals surface area contributed by atoms with Crippen molar-refractivity contribution in [3.63, 3.8) is 0 Å². The molecule has 1 aliphatic heterocycles. The van der Waals surface area contributed by atoms with Crippen molar-refractivity contribution in [2.45, 2.75) is 12.2 Å². The van der Waals surface area contributed by atoms with E-state index in [9.17, 15) is 22.0 Å². The van der Waals surface area contributed by atoms with Crippen LogP contribution in [0.4, 0.5) is 22.0 Å². The Kier molecular flexibility index (Phi) is 6.81. The van der Waals surface area contributed by atoms with E-state index >= 15 is 0 Å². The van der Waals surface area contributed by atoms with Crippen LogP contribution in [-0.2, 0) is 10.9 Å². The monoisotopic (exact) mass is 518 g/mol. The first-order chi connectivity index (χ1) is 16.1. The van der Waals surface area contributed by atoms with E-state index in [0.717, 1.165) is 12.1 Å². The lowest BCUT2D eigenvalue weighted by Crippen LogP contribution is -2.17. The largest absolute Gasteiger partial charge is 0.491 e. The van der Waals surface area contributed by atoms with Crippen LogP contribution in [0.5, 0.6) is 17.4 Å². The standard InChI is InChI=1S/C22H13Cl2F5N2O3/c23-14-7-13(4-5-18(14)34-20-15(24)6-11(8-30-20)22(27,28)29)32-9-12-10-33-21(31-12)19-16(25)2-1-3-17(19)26/h1-8,12H,9-10H2. The molecule has 4 rings (SSSR count). The zero-order chi connectivity index (χ0) is 24.5. The van der Waals surface area contributed by atoms with E-state index in [1.165, 1.54) is 24.3 Å². The maximum absolute atomic E-state index is 13.9. The predicted molar refractivity (Wildman–Crippen MR) is 114 cm³/mol. The predicted octanol–water partition coefficient (Wildman–Crippen LogP) is 6.70. The molecular formula is C22H13Cl2F5N2O3. The van der Waals surface area contributed by atoms with Gasteiger partial charge in [0.05, 0.1) is 10.6 Å². The first-order valence-electron chi connectivity index (χ1n) is 9.59. The van der Waals surface area contributed by atoms with Gasteiger partial charge in [0.25, 0.3) is 0 Å². The normalized spacial score (nSPS) is 15.6. The molecule has 1 unspecified atom stereocenters. The second-order valence-corrected chi connectivity index (χ2v) is 7.82. The Bertz CT molecular complexity index is 1230. The van der Waals surface area contributed by atoms with Crippen molar-refractivity contribution in [2.75, 3.05) is 13.2 Å². The third-order valence-electron chi connectivity index (χ3n) is 4.58. The lowest BCUT2D eigenvalue weighted by Gasteiger charge is -2.12. The SMILES string of the molecule is Fc1cccc(F)c1C1=NC(COc2ccc(Oc3ncc(C(F)(F)F)cc3Cl)c(Cl)c2)CO1. The highest BCUT2D eigenvalue weighted by molar-refractivity contribution is 6.32. The van der Waals surface area contributed by atoms with Gasteiger partial charge in [0.2, 0.25) is 11.8 Å². The number of nitrogens with zero attached hydrogens (tertiary/aromatic N) is 2. The average Bonchev–Trinajstić information content (AvgIpc) is 3.23. The van der Waals surface area contributed by atoms with Gasteiger partial charge in [-0.25, -0.2) is 18.8 Å². The van der Waals surface area contributed by atoms with Gasteiger partial charge < -0.3 is 14.2 Å². The molecule has 0 radical (unpaired) electrons. The summed E-state index contributed by atoms with van der Waals surface area (Å²) in [6.07, 6.45) is -4.00. The summed E-state index contributed by atoms with van der Waals surface area (Å²) in [6, 6.07) is 7.95. The van der Waals surface area contributed by atoms with Crippen LogP contribution < -0.4 is 9.47 Å². The van der Waals surface area contributed by atoms with Crippen molar-refractivity contribution in [1.29, 1.82) is 0 Å². The van der Waals surface area contributed by atoms with Crippen LogP contribution in [0.3, 0.4) is 0 Å². The summed E-state index contributed by atoms with van der Waals surface area (Å²) in [6.45, 7) is 0.0958. The van der Waals surface area contributed by atoms with Crippen molar-refractivity contribution in [1.82, 2.24) is 4.98 Å². The number of hydrogen-bond acceptors (Lipinski definition) is 5. The van der Waals surface area contributed by atoms with E-state index < -0.39 is 29.4 Å². The van der Waals surface area contributed by atoms with Gasteiger partial charge in [-0.2, -0.15) is 13.2 Å². The lowest BCUT2D eigenvalue weighted by molar-refractivity contribution is -0.137. The number of rotatable bonds is 6. The van der Waals surface area contributed by atoms with Gasteiger partial charge in [0.15, 0.2) is 0 Å². The van der Waals surface area contributed by atoms with Gasteiger partial charge in [-0.3, -0.25) is 0 Å². The molecule has 0 saturated heterocycles. The topological polar surface area (TPSA) is 52.9 Å². The Balaban J connectivity index is 1.40. The molecular weight excluding hydrogens is 506 g/mol. The van der Waals surface area contributed by atoms with Crippen molar-refractivity contribution >= 4 is 29.1 Å². The third-order valence-corrected chi connectivity index (χ3v) is 5.14. The number of alkyl halides is 3. The van der Waals surface area contributed by atoms with Crippen LogP contribution in [0.1, 0.15) is 11.1 Å². The summed E-state index contributed by atoms with van der Waals surface area (Å²) in [4.78, 5) is 7.74. The fourth-order valence-corrected chi connectivity index (χ4v) is 3.36. The van der Waals surface area contributed by atoms with E-state index in [4.69, 9.17) is 37.4 Å². The first kappa shape index (κ1) is 24.0. The van der Waals surface area contributed by atoms with E-state index in [1.807, 2.05) is 0 Å². The first-order valence-corrected chi connectivity index (χ1v) is 10.4. The maximum atomic E-state index is 13.9. The summed E-state index contributed by atoms with van der Waals surface area (Å²) in [5.74, 6) is -1.56. The Hall–Kier alpha value is -3.11. The molecule has 0 fully saturated rings. The highest BCUT2D eigenvalue weighted by Gasteiger charge is 2.32. The number of aliphatic imine (C=N–C) groups is 1. The highest BCUT2D eigenvalue weighted by Crippen LogP contribution is 2.37. The molecule has 3 aromatic rings. The Morgan fingerprint density at radius 1 is 1.03 bits per heavy atom. The minimum Gasteiger partial charge on any atom is -0.491 e. The molecule has 34 heavy (non-hydrogen) atoms. The summed E-state index contributed by atoms with van der Waals surface area (Å²) in [5.41, 5.74) is -1.36. The molecule has 178 valence electrons. The van der Waals surface area contributed by atoms with Gasteiger partial charge >= 0.3 is 6.18 Å². The minimum absolute atomic E-state index is 0.0302. The number of halogens is 7. The number of pyridine rings is 1. The van der Waals surface area contributed by atoms with Crippen LogP contribution in [0.15, 0.2) is 53.7 Å². The molecule has 0 spiro atoms. The van der Waals surface area contributed by atoms with E-state index in [2.05, 4.69) is 9.98 Å². The molecule has 0 saturated carbocycles. The maximum Gasteiger partial charge on any atom is 0.417 e. The molecule has 0 N–H and O–H groups in total. The molecule has 0 bridgehead atoms. The molecule has 12 heteroatoms. The van der Waals surface area contributed by atoms with Crippen molar-refractivity contribution in [3.05, 3.63) is 81.5 Å². The van der Waals surface area contributed by atoms with E-state index in [0.29, 0.717) is 18.0 Å². The number of hydrogen-bond donors (Lipinski definition) is 0. The lowest BCUT2D eigenvalue weighted by atomic mass is 10.2. The van der Waals surface area contributed by atoms with Crippen molar-refractivity contribution in [3.8, 4) is 17.4 Å². The van der Waals surface area contributed by atoms with Crippen LogP contribution in [0.2, 0.25) is 10.0 Å². The van der Waals surface area contributed by atoms with Crippen LogP contribution >= 0.6 is 23.2 Å². The molecule has 0 aliphatic carbocycles. The average molecular weight is 519 g/mol. The van der Waals surface area contributed by atoms with Crippen LogP contribution in [0, 0.1) is 11.6 Å². The highest BCUT2D eigenvalue weighted by atomic mass is 35.5. The van der Waals surface area contributed by atoms with E-state index in [-0.39, 0.29) is 46.3 Å². The second kappa shape index (κ2) is 9.63. The fourth-order valence-electron chi connectivity index (χ4n) is 2.95. The van der Waals surface area contributed by atoms with E-state index in [1.54, 1.807) is 0 Å². The molecule has 1 aliphatic rings. The third kappa shape index (κ3) is 5.34. The quantitative estimate of drug-likeness (QED) is 0.340. The smallest absolute Gasteiger partial charge is 0.417 e. The van der Waals surface area contributed by atoms with Gasteiger partial charge in [-0.05, 0) is 30.3 Å². The Morgan fingerprint density at radius 2 is 1.76 bits per heavy atom. The Labute approximate surface area is 199 Å².